The number of nitrogens with zero attached hydrogens (tertiary/aromatic N) is 3. The molecule has 1 saturated heterocycles. The van der Waals surface area contributed by atoms with Gasteiger partial charge in [0.1, 0.15) is 11.6 Å². The first-order valence-electron chi connectivity index (χ1n) is 7.13. The summed E-state index contributed by atoms with van der Waals surface area (Å²) in [5.41, 5.74) is 0.161. The van der Waals surface area contributed by atoms with Gasteiger partial charge in [-0.2, -0.15) is 5.10 Å². The topological polar surface area (TPSA) is 67.2 Å². The number of carbonyl (C=O) groups is 2. The van der Waals surface area contributed by atoms with Gasteiger partial charge in [-0.25, -0.2) is 0 Å². The maximum atomic E-state index is 12.8. The van der Waals surface area contributed by atoms with E-state index in [2.05, 4.69) is 10.4 Å². The lowest BCUT2D eigenvalue weighted by Gasteiger charge is -2.43. The van der Waals surface area contributed by atoms with Crippen molar-refractivity contribution in [1.29, 1.82) is 0 Å². The molecule has 1 aliphatic heterocycles. The third-order valence-electron chi connectivity index (χ3n) is 4.44. The Hall–Kier alpha value is -1.85. The zero-order chi connectivity index (χ0) is 14.3. The number of rotatable bonds is 2. The molecular weight excluding hydrogens is 256 g/mol. The summed E-state index contributed by atoms with van der Waals surface area (Å²) in [6.07, 6.45) is 5.35. The van der Waals surface area contributed by atoms with E-state index in [9.17, 15) is 9.59 Å². The molecule has 1 atom stereocenters. The third-order valence-corrected chi connectivity index (χ3v) is 4.44. The van der Waals surface area contributed by atoms with E-state index >= 15 is 0 Å². The van der Waals surface area contributed by atoms with Gasteiger partial charge in [0.15, 0.2) is 0 Å². The van der Waals surface area contributed by atoms with Crippen LogP contribution in [0.25, 0.3) is 0 Å². The fraction of sp³-hybridized carbons (Fsp3) is 0.643. The number of nitrogens with one attached hydrogen (secondary N) is 1. The maximum Gasteiger partial charge on any atom is 0.249 e. The largest absolute Gasteiger partial charge is 0.340 e. The van der Waals surface area contributed by atoms with Crippen LogP contribution in [-0.4, -0.2) is 38.1 Å². The molecule has 1 aliphatic carbocycles. The summed E-state index contributed by atoms with van der Waals surface area (Å²) in [5.74, 6) is -0.00446. The summed E-state index contributed by atoms with van der Waals surface area (Å²) >= 11 is 0. The molecule has 3 rings (SSSR count). The molecule has 1 N–H and O–H groups in total. The van der Waals surface area contributed by atoms with E-state index in [0.717, 1.165) is 31.4 Å². The molecule has 1 aromatic rings. The lowest BCUT2D eigenvalue weighted by atomic mass is 9.91. The Labute approximate surface area is 118 Å². The van der Waals surface area contributed by atoms with Crippen molar-refractivity contribution in [2.75, 3.05) is 0 Å². The fourth-order valence-electron chi connectivity index (χ4n) is 3.23. The van der Waals surface area contributed by atoms with Crippen LogP contribution in [-0.2, 0) is 23.2 Å². The van der Waals surface area contributed by atoms with Crippen molar-refractivity contribution in [3.05, 3.63) is 18.0 Å². The van der Waals surface area contributed by atoms with Crippen LogP contribution in [0.2, 0.25) is 0 Å². The number of hydrogen-bond donors (Lipinski definition) is 1. The SMILES string of the molecule is CC1C(=O)NC2(CCCC2)C(=O)N1Cc1ccn(C)n1. The zero-order valence-electron chi connectivity index (χ0n) is 11.9. The molecule has 1 saturated carbocycles. The molecule has 1 aromatic heterocycles. The van der Waals surface area contributed by atoms with E-state index in [4.69, 9.17) is 0 Å². The van der Waals surface area contributed by atoms with Crippen molar-refractivity contribution in [3.8, 4) is 0 Å². The normalized spacial score (nSPS) is 25.3. The van der Waals surface area contributed by atoms with Crippen molar-refractivity contribution in [2.45, 2.75) is 50.7 Å². The van der Waals surface area contributed by atoms with Gasteiger partial charge in [0.05, 0.1) is 12.2 Å². The molecule has 0 aromatic carbocycles. The predicted molar refractivity (Wildman–Crippen MR) is 72.6 cm³/mol. The number of amides is 2. The Morgan fingerprint density at radius 3 is 2.70 bits per heavy atom. The Balaban J connectivity index is 1.86. The highest BCUT2D eigenvalue weighted by molar-refractivity contribution is 5.99. The van der Waals surface area contributed by atoms with E-state index in [-0.39, 0.29) is 11.8 Å². The van der Waals surface area contributed by atoms with E-state index in [1.165, 1.54) is 0 Å². The number of hydrogen-bond acceptors (Lipinski definition) is 3. The van der Waals surface area contributed by atoms with Gasteiger partial charge >= 0.3 is 0 Å². The molecule has 2 amide bonds. The van der Waals surface area contributed by atoms with Crippen LogP contribution in [0.3, 0.4) is 0 Å². The van der Waals surface area contributed by atoms with Crippen molar-refractivity contribution < 1.29 is 9.59 Å². The van der Waals surface area contributed by atoms with Crippen molar-refractivity contribution in [3.63, 3.8) is 0 Å². The van der Waals surface area contributed by atoms with Gasteiger partial charge in [-0.3, -0.25) is 14.3 Å². The lowest BCUT2D eigenvalue weighted by molar-refractivity contribution is -0.154. The first-order chi connectivity index (χ1) is 9.52. The Morgan fingerprint density at radius 2 is 2.10 bits per heavy atom. The second kappa shape index (κ2) is 4.61. The monoisotopic (exact) mass is 276 g/mol. The number of piperazine rings is 1. The molecule has 2 fully saturated rings. The maximum absolute atomic E-state index is 12.8. The summed E-state index contributed by atoms with van der Waals surface area (Å²) in [6, 6.07) is 1.45. The first kappa shape index (κ1) is 13.1. The molecule has 6 heteroatoms. The highest BCUT2D eigenvalue weighted by atomic mass is 16.2. The second-order valence-electron chi connectivity index (χ2n) is 5.87. The van der Waals surface area contributed by atoms with Crippen LogP contribution in [0, 0.1) is 0 Å². The Morgan fingerprint density at radius 1 is 1.40 bits per heavy atom. The van der Waals surface area contributed by atoms with Crippen LogP contribution in [0.5, 0.6) is 0 Å². The average Bonchev–Trinajstić information content (AvgIpc) is 3.03. The summed E-state index contributed by atoms with van der Waals surface area (Å²) < 4.78 is 1.71. The van der Waals surface area contributed by atoms with E-state index in [1.54, 1.807) is 16.5 Å². The van der Waals surface area contributed by atoms with Crippen molar-refractivity contribution in [2.24, 2.45) is 7.05 Å². The second-order valence-corrected chi connectivity index (χ2v) is 5.87. The van der Waals surface area contributed by atoms with Gasteiger partial charge in [0.2, 0.25) is 11.8 Å². The molecule has 0 bridgehead atoms. The smallest absolute Gasteiger partial charge is 0.249 e. The zero-order valence-corrected chi connectivity index (χ0v) is 11.9. The predicted octanol–water partition coefficient (Wildman–Crippen LogP) is 0.580. The highest BCUT2D eigenvalue weighted by Crippen LogP contribution is 2.35. The van der Waals surface area contributed by atoms with E-state index < -0.39 is 11.6 Å². The first-order valence-corrected chi connectivity index (χ1v) is 7.13. The standard InChI is InChI=1S/C14H20N4O2/c1-10-12(19)15-14(6-3-4-7-14)13(20)18(10)9-11-5-8-17(2)16-11/h5,8,10H,3-4,6-7,9H2,1-2H3,(H,15,19). The van der Waals surface area contributed by atoms with Crippen LogP contribution < -0.4 is 5.32 Å². The summed E-state index contributed by atoms with van der Waals surface area (Å²) in [4.78, 5) is 26.6. The number of aryl methyl sites for hydroxylation is 1. The van der Waals surface area contributed by atoms with Crippen LogP contribution in [0.4, 0.5) is 0 Å². The molecule has 2 aliphatic rings. The molecule has 2 heterocycles. The van der Waals surface area contributed by atoms with Gasteiger partial charge in [0.25, 0.3) is 0 Å². The summed E-state index contributed by atoms with van der Waals surface area (Å²) in [7, 11) is 1.84. The molecule has 1 unspecified atom stereocenters. The quantitative estimate of drug-likeness (QED) is 0.859. The van der Waals surface area contributed by atoms with Crippen molar-refractivity contribution >= 4 is 11.8 Å². The van der Waals surface area contributed by atoms with Crippen LogP contribution >= 0.6 is 0 Å². The van der Waals surface area contributed by atoms with Gasteiger partial charge in [-0.15, -0.1) is 0 Å². The third kappa shape index (κ3) is 1.99. The van der Waals surface area contributed by atoms with E-state index in [1.807, 2.05) is 19.3 Å². The summed E-state index contributed by atoms with van der Waals surface area (Å²) in [5, 5.41) is 7.26. The highest BCUT2D eigenvalue weighted by Gasteiger charge is 2.50. The van der Waals surface area contributed by atoms with Gasteiger partial charge in [-0.1, -0.05) is 12.8 Å². The van der Waals surface area contributed by atoms with Crippen molar-refractivity contribution in [1.82, 2.24) is 20.0 Å². The van der Waals surface area contributed by atoms with E-state index in [0.29, 0.717) is 6.54 Å². The minimum atomic E-state index is -0.654. The Kier molecular flexibility index (Phi) is 3.03. The minimum absolute atomic E-state index is 0.0488. The van der Waals surface area contributed by atoms with Crippen LogP contribution in [0.1, 0.15) is 38.3 Å². The Bertz CT molecular complexity index is 545. The van der Waals surface area contributed by atoms with Gasteiger partial charge in [-0.05, 0) is 25.8 Å². The molecule has 1 spiro atoms. The molecule has 20 heavy (non-hydrogen) atoms. The number of carbonyl (C=O) groups excluding carboxylic acids is 2. The lowest BCUT2D eigenvalue weighted by Crippen LogP contribution is -2.68. The minimum Gasteiger partial charge on any atom is -0.340 e. The number of aromatic nitrogens is 2. The summed E-state index contributed by atoms with van der Waals surface area (Å²) in [6.45, 7) is 2.17. The van der Waals surface area contributed by atoms with Crippen LogP contribution in [0.15, 0.2) is 12.3 Å². The average molecular weight is 276 g/mol. The molecule has 0 radical (unpaired) electrons. The molecular formula is C14H20N4O2. The fourth-order valence-corrected chi connectivity index (χ4v) is 3.23. The molecule has 108 valence electrons. The molecule has 6 nitrogen and oxygen atoms in total. The van der Waals surface area contributed by atoms with Gasteiger partial charge in [0, 0.05) is 13.2 Å². The van der Waals surface area contributed by atoms with Gasteiger partial charge < -0.3 is 10.2 Å².